The number of nitriles is 1. The summed E-state index contributed by atoms with van der Waals surface area (Å²) in [5.74, 6) is 5.54. The number of carboxylic acid groups (broad SMARTS) is 1. The topological polar surface area (TPSA) is 229 Å². The fourth-order valence-corrected chi connectivity index (χ4v) is 3.50. The Morgan fingerprint density at radius 3 is 2.64 bits per heavy atom. The maximum absolute atomic E-state index is 11.6. The largest absolute Gasteiger partial charge is 0.487 e. The molecule has 3 heterocycles. The van der Waals surface area contributed by atoms with E-state index < -0.39 is 24.4 Å². The number of hydrogen-bond acceptors (Lipinski definition) is 14. The van der Waals surface area contributed by atoms with Crippen LogP contribution in [0.1, 0.15) is 24.8 Å². The summed E-state index contributed by atoms with van der Waals surface area (Å²) in [5.41, 5.74) is 8.92. The van der Waals surface area contributed by atoms with E-state index in [1.807, 2.05) is 6.07 Å². The minimum absolute atomic E-state index is 0.0742. The van der Waals surface area contributed by atoms with E-state index >= 15 is 0 Å². The third-order valence-corrected chi connectivity index (χ3v) is 5.50. The third-order valence-electron chi connectivity index (χ3n) is 5.50. The van der Waals surface area contributed by atoms with Crippen LogP contribution < -0.4 is 32.4 Å². The van der Waals surface area contributed by atoms with Crippen LogP contribution in [0.2, 0.25) is 0 Å². The molecule has 1 aliphatic heterocycles. The maximum atomic E-state index is 11.6. The van der Waals surface area contributed by atoms with Crippen molar-refractivity contribution in [1.82, 2.24) is 9.97 Å². The molecule has 1 atom stereocenters. The van der Waals surface area contributed by atoms with Crippen LogP contribution >= 0.6 is 0 Å². The molecule has 15 nitrogen and oxygen atoms in total. The molecule has 0 radical (unpaired) electrons. The number of carbonyl (C=O) groups excluding carboxylic acids is 1. The number of nitrogens with two attached hydrogens (primary N) is 2. The van der Waals surface area contributed by atoms with Crippen molar-refractivity contribution in [3.05, 3.63) is 30.0 Å². The predicted molar refractivity (Wildman–Crippen MR) is 139 cm³/mol. The molecule has 0 aromatic carbocycles. The van der Waals surface area contributed by atoms with E-state index in [1.54, 1.807) is 18.2 Å². The second kappa shape index (κ2) is 15.2. The van der Waals surface area contributed by atoms with E-state index in [2.05, 4.69) is 26.0 Å². The van der Waals surface area contributed by atoms with Crippen LogP contribution in [0.15, 0.2) is 24.4 Å². The second-order valence-electron chi connectivity index (χ2n) is 8.41. The summed E-state index contributed by atoms with van der Waals surface area (Å²) in [6, 6.07) is 5.90. The highest BCUT2D eigenvalue weighted by atomic mass is 16.6. The Bertz CT molecular complexity index is 1140. The van der Waals surface area contributed by atoms with Crippen LogP contribution in [-0.2, 0) is 23.8 Å². The summed E-state index contributed by atoms with van der Waals surface area (Å²) in [7, 11) is 0. The number of rotatable bonds is 15. The first-order chi connectivity index (χ1) is 18.9. The van der Waals surface area contributed by atoms with Gasteiger partial charge >= 0.3 is 11.9 Å². The maximum Gasteiger partial charge on any atom is 0.323 e. The average Bonchev–Trinajstić information content (AvgIpc) is 2.94. The molecule has 0 unspecified atom stereocenters. The van der Waals surface area contributed by atoms with Gasteiger partial charge in [0.15, 0.2) is 17.4 Å². The lowest BCUT2D eigenvalue weighted by molar-refractivity contribution is -0.150. The first-order valence-corrected chi connectivity index (χ1v) is 12.2. The molecule has 39 heavy (non-hydrogen) atoms. The monoisotopic (exact) mass is 544 g/mol. The Labute approximate surface area is 224 Å². The minimum Gasteiger partial charge on any atom is -0.487 e. The zero-order chi connectivity index (χ0) is 28.0. The molecule has 3 rings (SSSR count). The summed E-state index contributed by atoms with van der Waals surface area (Å²) >= 11 is 0. The van der Waals surface area contributed by atoms with Crippen LogP contribution in [-0.4, -0.2) is 78.7 Å². The van der Waals surface area contributed by atoms with Crippen molar-refractivity contribution in [2.45, 2.75) is 31.3 Å². The van der Waals surface area contributed by atoms with E-state index in [4.69, 9.17) is 40.9 Å². The number of pyridine rings is 2. The molecule has 2 aromatic rings. The van der Waals surface area contributed by atoms with Crippen molar-refractivity contribution in [2.24, 2.45) is 11.6 Å². The van der Waals surface area contributed by atoms with E-state index in [-0.39, 0.29) is 32.5 Å². The van der Waals surface area contributed by atoms with Crippen LogP contribution in [0.5, 0.6) is 5.75 Å². The Morgan fingerprint density at radius 1 is 1.21 bits per heavy atom. The zero-order valence-corrected chi connectivity index (χ0v) is 21.2. The molecule has 15 heteroatoms. The number of hydrogen-bond donors (Lipinski definition) is 6. The minimum atomic E-state index is -1.23. The molecule has 1 aliphatic rings. The molecule has 2 aromatic heterocycles. The summed E-state index contributed by atoms with van der Waals surface area (Å²) in [6.07, 6.45) is 2.54. The molecule has 210 valence electrons. The fraction of sp³-hybridized carbons (Fsp3) is 0.458. The lowest BCUT2D eigenvalue weighted by Gasteiger charge is -2.25. The fourth-order valence-electron chi connectivity index (χ4n) is 3.50. The van der Waals surface area contributed by atoms with E-state index in [9.17, 15) is 9.59 Å². The second-order valence-corrected chi connectivity index (χ2v) is 8.41. The van der Waals surface area contributed by atoms with Crippen molar-refractivity contribution >= 4 is 35.1 Å². The van der Waals surface area contributed by atoms with E-state index in [0.29, 0.717) is 47.7 Å². The molecule has 1 fully saturated rings. The van der Waals surface area contributed by atoms with E-state index in [0.717, 1.165) is 12.8 Å². The molecule has 0 amide bonds. The highest BCUT2D eigenvalue weighted by molar-refractivity contribution is 5.81. The number of aliphatic carboxylic acids is 1. The molecule has 1 saturated heterocycles. The first-order valence-electron chi connectivity index (χ1n) is 12.2. The number of nitrogen functional groups attached to an aromatic ring is 1. The van der Waals surface area contributed by atoms with Gasteiger partial charge in [0.2, 0.25) is 0 Å². The molecule has 8 N–H and O–H groups in total. The quantitative estimate of drug-likeness (QED) is 0.0784. The van der Waals surface area contributed by atoms with Gasteiger partial charge in [0, 0.05) is 31.5 Å². The number of hydrazine groups is 1. The summed E-state index contributed by atoms with van der Waals surface area (Å²) in [6.45, 7) is 1.61. The summed E-state index contributed by atoms with van der Waals surface area (Å²) < 4.78 is 21.7. The van der Waals surface area contributed by atoms with Crippen molar-refractivity contribution in [3.8, 4) is 11.8 Å². The number of ether oxygens (including phenoxy) is 4. The van der Waals surface area contributed by atoms with Crippen LogP contribution in [0, 0.1) is 11.3 Å². The number of aromatic nitrogens is 2. The van der Waals surface area contributed by atoms with Gasteiger partial charge < -0.3 is 45.8 Å². The van der Waals surface area contributed by atoms with Crippen LogP contribution in [0.4, 0.5) is 23.1 Å². The van der Waals surface area contributed by atoms with Crippen molar-refractivity contribution < 1.29 is 33.6 Å². The van der Waals surface area contributed by atoms with E-state index in [1.165, 1.54) is 6.20 Å². The van der Waals surface area contributed by atoms with Gasteiger partial charge in [-0.05, 0) is 25.0 Å². The number of nitrogens with zero attached hydrogens (tertiary/aromatic N) is 3. The number of nitrogens with one attached hydrogen (secondary N) is 3. The van der Waals surface area contributed by atoms with Gasteiger partial charge in [0.05, 0.1) is 30.9 Å². The Kier molecular flexibility index (Phi) is 11.5. The first kappa shape index (κ1) is 29.3. The lowest BCUT2D eigenvalue weighted by atomic mass is 10.1. The van der Waals surface area contributed by atoms with Gasteiger partial charge in [-0.15, -0.1) is 0 Å². The third kappa shape index (κ3) is 9.54. The number of esters is 1. The molecule has 0 aliphatic carbocycles. The molecule has 0 spiro atoms. The normalized spacial score (nSPS) is 14.1. The average molecular weight is 545 g/mol. The summed E-state index contributed by atoms with van der Waals surface area (Å²) in [5, 5.41) is 24.2. The van der Waals surface area contributed by atoms with Gasteiger partial charge in [-0.25, -0.2) is 9.97 Å². The Morgan fingerprint density at radius 2 is 1.97 bits per heavy atom. The Hall–Kier alpha value is -4.23. The van der Waals surface area contributed by atoms with Gasteiger partial charge in [-0.1, -0.05) is 0 Å². The van der Waals surface area contributed by atoms with Crippen molar-refractivity contribution in [2.75, 3.05) is 55.7 Å². The van der Waals surface area contributed by atoms with Gasteiger partial charge in [0.25, 0.3) is 0 Å². The highest BCUT2D eigenvalue weighted by Gasteiger charge is 2.20. The standard InChI is InChI=1S/C24H32N8O7/c25-13-15-1-2-20(28-14-15)30-22-18(32-27)12-19(23(31-22)29-16-3-5-36-6-4-16)38-9-7-37-8-10-39-24(35)17(26)11-21(33)34/h1-2,12,14,16-17,32H,3-11,26-27H2,(H,33,34)(H2,28,29,30,31)/t17-/m0/s1. The van der Waals surface area contributed by atoms with Crippen LogP contribution in [0.25, 0.3) is 0 Å². The van der Waals surface area contributed by atoms with Crippen molar-refractivity contribution in [3.63, 3.8) is 0 Å². The zero-order valence-electron chi connectivity index (χ0n) is 21.2. The van der Waals surface area contributed by atoms with Gasteiger partial charge in [-0.3, -0.25) is 15.4 Å². The SMILES string of the molecule is N#Cc1ccc(Nc2nc(NC3CCOCC3)c(OCCOCCOC(=O)[C@@H](N)CC(=O)O)cc2NN)nc1. The smallest absolute Gasteiger partial charge is 0.323 e. The highest BCUT2D eigenvalue weighted by Crippen LogP contribution is 2.33. The number of carboxylic acids is 1. The number of carbonyl (C=O) groups is 2. The Balaban J connectivity index is 1.59. The predicted octanol–water partition coefficient (Wildman–Crippen LogP) is 0.709. The molecular formula is C24H32N8O7. The van der Waals surface area contributed by atoms with Crippen molar-refractivity contribution in [1.29, 1.82) is 5.26 Å². The molecular weight excluding hydrogens is 512 g/mol. The summed E-state index contributed by atoms with van der Waals surface area (Å²) in [4.78, 5) is 31.1. The van der Waals surface area contributed by atoms with Gasteiger partial charge in [0.1, 0.15) is 31.1 Å². The van der Waals surface area contributed by atoms with Gasteiger partial charge in [-0.2, -0.15) is 5.26 Å². The molecule has 0 bridgehead atoms. The number of anilines is 4. The molecule has 0 saturated carbocycles. The lowest BCUT2D eigenvalue weighted by Crippen LogP contribution is -2.35. The van der Waals surface area contributed by atoms with Crippen LogP contribution in [0.3, 0.4) is 0 Å².